The molecule has 0 bridgehead atoms. The van der Waals surface area contributed by atoms with Gasteiger partial charge in [0.15, 0.2) is 11.5 Å². The van der Waals surface area contributed by atoms with Crippen LogP contribution < -0.4 is 4.74 Å². The van der Waals surface area contributed by atoms with E-state index in [2.05, 4.69) is 0 Å². The number of halogens is 1. The summed E-state index contributed by atoms with van der Waals surface area (Å²) in [5.74, 6) is 0.488. The number of phenols is 1. The molecule has 0 aromatic heterocycles. The maximum Gasteiger partial charge on any atom is 0.230 e. The number of ether oxygens (including phenoxy) is 2. The van der Waals surface area contributed by atoms with Crippen molar-refractivity contribution in [1.29, 1.82) is 0 Å². The molecule has 1 amide bonds. The Kier molecular flexibility index (Phi) is 5.63. The third kappa shape index (κ3) is 4.20. The van der Waals surface area contributed by atoms with E-state index in [0.717, 1.165) is 16.7 Å². The van der Waals surface area contributed by atoms with Crippen LogP contribution in [0.4, 0.5) is 0 Å². The van der Waals surface area contributed by atoms with Crippen LogP contribution in [0.25, 0.3) is 11.1 Å². The van der Waals surface area contributed by atoms with Gasteiger partial charge < -0.3 is 19.5 Å². The van der Waals surface area contributed by atoms with Gasteiger partial charge in [-0.2, -0.15) is 0 Å². The number of hydrogen-bond acceptors (Lipinski definition) is 4. The Balaban J connectivity index is 1.95. The van der Waals surface area contributed by atoms with Gasteiger partial charge in [-0.1, -0.05) is 23.7 Å². The summed E-state index contributed by atoms with van der Waals surface area (Å²) < 4.78 is 10.9. The molecule has 2 aromatic rings. The molecule has 1 heterocycles. The van der Waals surface area contributed by atoms with Crippen LogP contribution in [0.3, 0.4) is 0 Å². The molecule has 0 spiro atoms. The fourth-order valence-electron chi connectivity index (χ4n) is 3.36. The van der Waals surface area contributed by atoms with Crippen LogP contribution in [0, 0.1) is 5.41 Å². The summed E-state index contributed by atoms with van der Waals surface area (Å²) in [6.07, 6.45) is 0. The topological polar surface area (TPSA) is 59.0 Å². The number of nitrogens with zero attached hydrogens (tertiary/aromatic N) is 1. The summed E-state index contributed by atoms with van der Waals surface area (Å²) in [5.41, 5.74) is 1.85. The molecule has 1 aliphatic rings. The quantitative estimate of drug-likeness (QED) is 0.855. The van der Waals surface area contributed by atoms with Gasteiger partial charge >= 0.3 is 0 Å². The minimum atomic E-state index is -0.633. The molecular weight excluding hydrogens is 366 g/mol. The normalized spacial score (nSPS) is 14.3. The van der Waals surface area contributed by atoms with Crippen molar-refractivity contribution >= 4 is 17.5 Å². The largest absolute Gasteiger partial charge is 0.504 e. The van der Waals surface area contributed by atoms with Crippen molar-refractivity contribution in [3.05, 3.63) is 47.0 Å². The van der Waals surface area contributed by atoms with Gasteiger partial charge in [-0.15, -0.1) is 0 Å². The van der Waals surface area contributed by atoms with Crippen molar-refractivity contribution < 1.29 is 19.4 Å². The summed E-state index contributed by atoms with van der Waals surface area (Å²) in [7, 11) is 1.59. The Labute approximate surface area is 164 Å². The van der Waals surface area contributed by atoms with Crippen molar-refractivity contribution in [2.75, 3.05) is 26.9 Å². The number of carbonyl (C=O) groups excluding carboxylic acids is 1. The number of fused-ring (bicyclic) bond motifs is 1. The third-order valence-corrected chi connectivity index (χ3v) is 4.88. The lowest BCUT2D eigenvalue weighted by Gasteiger charge is -2.30. The van der Waals surface area contributed by atoms with Crippen LogP contribution in [0.5, 0.6) is 11.5 Å². The van der Waals surface area contributed by atoms with Crippen molar-refractivity contribution in [3.8, 4) is 22.6 Å². The number of hydrogen-bond donors (Lipinski definition) is 1. The van der Waals surface area contributed by atoms with E-state index >= 15 is 0 Å². The van der Waals surface area contributed by atoms with E-state index in [9.17, 15) is 9.90 Å². The zero-order valence-corrected chi connectivity index (χ0v) is 16.5. The first-order valence-corrected chi connectivity index (χ1v) is 9.22. The molecule has 0 saturated carbocycles. The second kappa shape index (κ2) is 7.79. The van der Waals surface area contributed by atoms with Gasteiger partial charge in [0.2, 0.25) is 5.91 Å². The van der Waals surface area contributed by atoms with Gasteiger partial charge in [0.05, 0.1) is 18.6 Å². The number of methoxy groups -OCH3 is 1. The van der Waals surface area contributed by atoms with Gasteiger partial charge in [0, 0.05) is 24.2 Å². The minimum absolute atomic E-state index is 0.00607. The van der Waals surface area contributed by atoms with E-state index in [4.69, 9.17) is 21.1 Å². The average Bonchev–Trinajstić information content (AvgIpc) is 2.83. The van der Waals surface area contributed by atoms with E-state index in [1.54, 1.807) is 24.1 Å². The van der Waals surface area contributed by atoms with Crippen molar-refractivity contribution in [2.45, 2.75) is 20.4 Å². The molecular formula is C21H24ClNO4. The molecule has 0 aliphatic carbocycles. The van der Waals surface area contributed by atoms with Crippen LogP contribution in [0.15, 0.2) is 36.4 Å². The van der Waals surface area contributed by atoms with E-state index in [1.165, 1.54) is 0 Å². The standard InChI is InChI=1S/C21H24ClNO4/c1-21(2,13-26-3)20(25)23-7-8-27-19-16(12-23)9-15(11-18(19)24)14-5-4-6-17(22)10-14/h4-6,9-11,24H,7-8,12-13H2,1-3H3. The molecule has 1 aliphatic heterocycles. The average molecular weight is 390 g/mol. The highest BCUT2D eigenvalue weighted by atomic mass is 35.5. The molecule has 1 N–H and O–H groups in total. The van der Waals surface area contributed by atoms with Crippen LogP contribution >= 0.6 is 11.6 Å². The number of benzene rings is 2. The van der Waals surface area contributed by atoms with E-state index in [-0.39, 0.29) is 11.7 Å². The Morgan fingerprint density at radius 2 is 2.07 bits per heavy atom. The van der Waals surface area contributed by atoms with Crippen molar-refractivity contribution in [1.82, 2.24) is 4.90 Å². The Hall–Kier alpha value is -2.24. The van der Waals surface area contributed by atoms with Gasteiger partial charge in [-0.3, -0.25) is 4.79 Å². The Morgan fingerprint density at radius 3 is 2.78 bits per heavy atom. The highest BCUT2D eigenvalue weighted by molar-refractivity contribution is 6.30. The predicted molar refractivity (Wildman–Crippen MR) is 105 cm³/mol. The summed E-state index contributed by atoms with van der Waals surface area (Å²) >= 11 is 6.10. The van der Waals surface area contributed by atoms with Crippen LogP contribution in [0.2, 0.25) is 5.02 Å². The highest BCUT2D eigenvalue weighted by Gasteiger charge is 2.33. The van der Waals surface area contributed by atoms with Crippen LogP contribution in [-0.2, 0) is 16.1 Å². The maximum atomic E-state index is 13.0. The van der Waals surface area contributed by atoms with Gasteiger partial charge in [-0.05, 0) is 49.2 Å². The first-order valence-electron chi connectivity index (χ1n) is 8.85. The molecule has 6 heteroatoms. The smallest absolute Gasteiger partial charge is 0.230 e. The number of phenolic OH excluding ortho intramolecular Hbond substituents is 1. The molecule has 27 heavy (non-hydrogen) atoms. The van der Waals surface area contributed by atoms with Crippen LogP contribution in [0.1, 0.15) is 19.4 Å². The molecule has 0 radical (unpaired) electrons. The minimum Gasteiger partial charge on any atom is -0.504 e. The molecule has 144 valence electrons. The lowest BCUT2D eigenvalue weighted by atomic mass is 9.92. The Bertz CT molecular complexity index is 850. The first kappa shape index (κ1) is 19.5. The molecule has 3 rings (SSSR count). The van der Waals surface area contributed by atoms with Gasteiger partial charge in [0.25, 0.3) is 0 Å². The van der Waals surface area contributed by atoms with Gasteiger partial charge in [0.1, 0.15) is 6.61 Å². The van der Waals surface area contributed by atoms with Crippen LogP contribution in [-0.4, -0.2) is 42.8 Å². The number of aromatic hydroxyl groups is 1. The Morgan fingerprint density at radius 1 is 1.30 bits per heavy atom. The van der Waals surface area contributed by atoms with Crippen molar-refractivity contribution in [3.63, 3.8) is 0 Å². The fourth-order valence-corrected chi connectivity index (χ4v) is 3.55. The third-order valence-electron chi connectivity index (χ3n) is 4.64. The monoisotopic (exact) mass is 389 g/mol. The van der Waals surface area contributed by atoms with E-state index in [1.807, 2.05) is 38.1 Å². The number of carbonyl (C=O) groups is 1. The molecule has 0 fully saturated rings. The molecule has 0 unspecified atom stereocenters. The molecule has 0 saturated heterocycles. The van der Waals surface area contributed by atoms with Crippen molar-refractivity contribution in [2.24, 2.45) is 5.41 Å². The SMILES string of the molecule is COCC(C)(C)C(=O)N1CCOc2c(O)cc(-c3cccc(Cl)c3)cc2C1. The first-order chi connectivity index (χ1) is 12.8. The number of amides is 1. The maximum absolute atomic E-state index is 13.0. The second-order valence-electron chi connectivity index (χ2n) is 7.39. The lowest BCUT2D eigenvalue weighted by Crippen LogP contribution is -2.43. The van der Waals surface area contributed by atoms with Gasteiger partial charge in [-0.25, -0.2) is 0 Å². The summed E-state index contributed by atoms with van der Waals surface area (Å²) in [4.78, 5) is 14.7. The molecule has 2 aromatic carbocycles. The summed E-state index contributed by atoms with van der Waals surface area (Å²) in [5, 5.41) is 11.1. The summed E-state index contributed by atoms with van der Waals surface area (Å²) in [6.45, 7) is 5.21. The van der Waals surface area contributed by atoms with E-state index < -0.39 is 5.41 Å². The zero-order valence-electron chi connectivity index (χ0n) is 15.8. The van der Waals surface area contributed by atoms with E-state index in [0.29, 0.717) is 37.1 Å². The zero-order chi connectivity index (χ0) is 19.6. The molecule has 0 atom stereocenters. The lowest BCUT2D eigenvalue weighted by molar-refractivity contribution is -0.143. The molecule has 5 nitrogen and oxygen atoms in total. The number of rotatable bonds is 4. The fraction of sp³-hybridized carbons (Fsp3) is 0.381. The summed E-state index contributed by atoms with van der Waals surface area (Å²) in [6, 6.07) is 11.0. The second-order valence-corrected chi connectivity index (χ2v) is 7.82. The predicted octanol–water partition coefficient (Wildman–Crippen LogP) is 4.11. The highest BCUT2D eigenvalue weighted by Crippen LogP contribution is 2.38.